The first-order valence-corrected chi connectivity index (χ1v) is 8.74. The molecular weight excluding hydrogens is 290 g/mol. The Morgan fingerprint density at radius 1 is 1.09 bits per heavy atom. The van der Waals surface area contributed by atoms with Gasteiger partial charge < -0.3 is 10.0 Å². The highest BCUT2D eigenvalue weighted by atomic mass is 16.4. The van der Waals surface area contributed by atoms with Gasteiger partial charge in [-0.25, -0.2) is 0 Å². The third-order valence-electron chi connectivity index (χ3n) is 5.89. The number of amides is 1. The van der Waals surface area contributed by atoms with Crippen LogP contribution in [0.25, 0.3) is 0 Å². The maximum atomic E-state index is 13.1. The van der Waals surface area contributed by atoms with Crippen molar-refractivity contribution >= 4 is 11.9 Å². The number of aliphatic carboxylic acids is 1. The number of carboxylic acids is 1. The molecule has 1 saturated heterocycles. The lowest BCUT2D eigenvalue weighted by Gasteiger charge is -2.28. The second-order valence-electron chi connectivity index (χ2n) is 7.33. The number of nitrogens with zero attached hydrogens (tertiary/aromatic N) is 1. The van der Waals surface area contributed by atoms with E-state index in [-0.39, 0.29) is 23.7 Å². The van der Waals surface area contributed by atoms with E-state index in [1.807, 2.05) is 17.0 Å². The largest absolute Gasteiger partial charge is 0.481 e. The normalized spacial score (nSPS) is 30.1. The number of carboxylic acid groups (broad SMARTS) is 1. The molecule has 0 radical (unpaired) electrons. The smallest absolute Gasteiger partial charge is 0.308 e. The molecule has 1 N–H and O–H groups in total. The Labute approximate surface area is 136 Å². The SMILES string of the molecule is O=C(O)[C@H]1CN(C(=O)C2CCCc3ccccc32)C[C@@H]1C1CC1. The van der Waals surface area contributed by atoms with Gasteiger partial charge >= 0.3 is 5.97 Å². The van der Waals surface area contributed by atoms with Crippen LogP contribution in [0.15, 0.2) is 24.3 Å². The van der Waals surface area contributed by atoms with Crippen molar-refractivity contribution in [1.29, 1.82) is 0 Å². The van der Waals surface area contributed by atoms with Crippen LogP contribution >= 0.6 is 0 Å². The molecule has 4 heteroatoms. The molecule has 23 heavy (non-hydrogen) atoms. The van der Waals surface area contributed by atoms with Crippen LogP contribution in [0.2, 0.25) is 0 Å². The average molecular weight is 313 g/mol. The van der Waals surface area contributed by atoms with Crippen molar-refractivity contribution in [2.24, 2.45) is 17.8 Å². The molecule has 2 aliphatic carbocycles. The van der Waals surface area contributed by atoms with Crippen molar-refractivity contribution < 1.29 is 14.7 Å². The summed E-state index contributed by atoms with van der Waals surface area (Å²) < 4.78 is 0. The van der Waals surface area contributed by atoms with Gasteiger partial charge in [0.1, 0.15) is 0 Å². The van der Waals surface area contributed by atoms with Crippen LogP contribution in [0.1, 0.15) is 42.7 Å². The lowest BCUT2D eigenvalue weighted by molar-refractivity contribution is -0.142. The fourth-order valence-electron chi connectivity index (χ4n) is 4.50. The van der Waals surface area contributed by atoms with E-state index in [9.17, 15) is 14.7 Å². The molecule has 1 saturated carbocycles. The van der Waals surface area contributed by atoms with Gasteiger partial charge in [0.15, 0.2) is 0 Å². The zero-order valence-electron chi connectivity index (χ0n) is 13.3. The number of benzene rings is 1. The quantitative estimate of drug-likeness (QED) is 0.933. The monoisotopic (exact) mass is 313 g/mol. The van der Waals surface area contributed by atoms with Gasteiger partial charge in [-0.15, -0.1) is 0 Å². The van der Waals surface area contributed by atoms with Crippen LogP contribution in [0.4, 0.5) is 0 Å². The summed E-state index contributed by atoms with van der Waals surface area (Å²) in [5, 5.41) is 9.49. The maximum absolute atomic E-state index is 13.1. The Hall–Kier alpha value is -1.84. The molecule has 1 aliphatic heterocycles. The third kappa shape index (κ3) is 2.64. The van der Waals surface area contributed by atoms with Crippen LogP contribution in [-0.4, -0.2) is 35.0 Å². The molecule has 0 bridgehead atoms. The van der Waals surface area contributed by atoms with Gasteiger partial charge in [0.2, 0.25) is 5.91 Å². The lowest BCUT2D eigenvalue weighted by atomic mass is 9.82. The van der Waals surface area contributed by atoms with Crippen LogP contribution < -0.4 is 0 Å². The summed E-state index contributed by atoms with van der Waals surface area (Å²) >= 11 is 0. The minimum atomic E-state index is -0.735. The third-order valence-corrected chi connectivity index (χ3v) is 5.89. The summed E-state index contributed by atoms with van der Waals surface area (Å²) in [6.45, 7) is 1.03. The first-order valence-electron chi connectivity index (χ1n) is 8.74. The number of rotatable bonds is 3. The Bertz CT molecular complexity index is 637. The first-order chi connectivity index (χ1) is 11.1. The zero-order chi connectivity index (χ0) is 16.0. The van der Waals surface area contributed by atoms with Crippen LogP contribution in [0, 0.1) is 17.8 Å². The molecular formula is C19H23NO3. The highest BCUT2D eigenvalue weighted by Gasteiger charge is 2.47. The second-order valence-corrected chi connectivity index (χ2v) is 7.33. The summed E-state index contributed by atoms with van der Waals surface area (Å²) in [6, 6.07) is 8.22. The molecule has 1 aromatic rings. The molecule has 1 unspecified atom stereocenters. The summed E-state index contributed by atoms with van der Waals surface area (Å²) in [6.07, 6.45) is 5.22. The van der Waals surface area contributed by atoms with Crippen LogP contribution in [-0.2, 0) is 16.0 Å². The van der Waals surface area contributed by atoms with Crippen molar-refractivity contribution in [1.82, 2.24) is 4.90 Å². The second kappa shape index (κ2) is 5.66. The van der Waals surface area contributed by atoms with Gasteiger partial charge in [0.25, 0.3) is 0 Å². The molecule has 4 rings (SSSR count). The molecule has 0 spiro atoms. The van der Waals surface area contributed by atoms with Gasteiger partial charge in [-0.05, 0) is 55.1 Å². The number of hydrogen-bond acceptors (Lipinski definition) is 2. The highest BCUT2D eigenvalue weighted by Crippen LogP contribution is 2.45. The van der Waals surface area contributed by atoms with E-state index in [4.69, 9.17) is 0 Å². The standard InChI is InChI=1S/C19H23NO3/c21-18(15-7-3-5-12-4-1-2-6-14(12)15)20-10-16(13-8-9-13)17(11-20)19(22)23/h1-2,4,6,13,15-17H,3,5,7-11H2,(H,22,23)/t15?,16-,17+/m1/s1. The molecule has 4 nitrogen and oxygen atoms in total. The number of fused-ring (bicyclic) bond motifs is 1. The van der Waals surface area contributed by atoms with Gasteiger partial charge in [-0.3, -0.25) is 9.59 Å². The van der Waals surface area contributed by atoms with E-state index in [0.29, 0.717) is 19.0 Å². The molecule has 3 aliphatic rings. The minimum Gasteiger partial charge on any atom is -0.481 e. The molecule has 0 aromatic heterocycles. The van der Waals surface area contributed by atoms with Crippen molar-refractivity contribution in [3.63, 3.8) is 0 Å². The first kappa shape index (κ1) is 14.7. The fourth-order valence-corrected chi connectivity index (χ4v) is 4.50. The number of likely N-dealkylation sites (tertiary alicyclic amines) is 1. The Morgan fingerprint density at radius 3 is 2.61 bits per heavy atom. The van der Waals surface area contributed by atoms with E-state index in [2.05, 4.69) is 12.1 Å². The number of aryl methyl sites for hydroxylation is 1. The fraction of sp³-hybridized carbons (Fsp3) is 0.579. The molecule has 122 valence electrons. The highest BCUT2D eigenvalue weighted by molar-refractivity contribution is 5.85. The van der Waals surface area contributed by atoms with Crippen molar-refractivity contribution in [3.05, 3.63) is 35.4 Å². The molecule has 1 aromatic carbocycles. The van der Waals surface area contributed by atoms with E-state index in [1.165, 1.54) is 5.56 Å². The van der Waals surface area contributed by atoms with E-state index >= 15 is 0 Å². The topological polar surface area (TPSA) is 57.6 Å². The zero-order valence-corrected chi connectivity index (χ0v) is 13.3. The summed E-state index contributed by atoms with van der Waals surface area (Å²) in [4.78, 5) is 26.4. The molecule has 2 fully saturated rings. The van der Waals surface area contributed by atoms with Gasteiger partial charge in [-0.1, -0.05) is 24.3 Å². The molecule has 1 amide bonds. The van der Waals surface area contributed by atoms with Gasteiger partial charge in [0.05, 0.1) is 11.8 Å². The summed E-state index contributed by atoms with van der Waals surface area (Å²) in [7, 11) is 0. The summed E-state index contributed by atoms with van der Waals surface area (Å²) in [5.41, 5.74) is 2.44. The van der Waals surface area contributed by atoms with Crippen LogP contribution in [0.3, 0.4) is 0 Å². The van der Waals surface area contributed by atoms with Crippen LogP contribution in [0.5, 0.6) is 0 Å². The van der Waals surface area contributed by atoms with E-state index in [0.717, 1.165) is 37.7 Å². The number of carbonyl (C=O) groups is 2. The van der Waals surface area contributed by atoms with Crippen molar-refractivity contribution in [2.45, 2.75) is 38.0 Å². The van der Waals surface area contributed by atoms with Crippen molar-refractivity contribution in [3.8, 4) is 0 Å². The predicted octanol–water partition coefficient (Wildman–Crippen LogP) is 2.68. The number of carbonyl (C=O) groups excluding carboxylic acids is 1. The molecule has 1 heterocycles. The maximum Gasteiger partial charge on any atom is 0.308 e. The summed E-state index contributed by atoms with van der Waals surface area (Å²) in [5.74, 6) is -0.353. The van der Waals surface area contributed by atoms with E-state index < -0.39 is 5.97 Å². The van der Waals surface area contributed by atoms with Gasteiger partial charge in [0, 0.05) is 13.1 Å². The van der Waals surface area contributed by atoms with Crippen molar-refractivity contribution in [2.75, 3.05) is 13.1 Å². The average Bonchev–Trinajstić information content (AvgIpc) is 3.31. The lowest BCUT2D eigenvalue weighted by Crippen LogP contribution is -2.35. The minimum absolute atomic E-state index is 0.0765. The van der Waals surface area contributed by atoms with E-state index in [1.54, 1.807) is 0 Å². The molecule has 3 atom stereocenters. The number of hydrogen-bond donors (Lipinski definition) is 1. The Kier molecular flexibility index (Phi) is 3.63. The Morgan fingerprint density at radius 2 is 1.87 bits per heavy atom. The Balaban J connectivity index is 1.55. The predicted molar refractivity (Wildman–Crippen MR) is 86.0 cm³/mol. The van der Waals surface area contributed by atoms with Gasteiger partial charge in [-0.2, -0.15) is 0 Å².